The third-order valence-electron chi connectivity index (χ3n) is 6.54. The van der Waals surface area contributed by atoms with Crippen molar-refractivity contribution in [2.75, 3.05) is 26.0 Å². The van der Waals surface area contributed by atoms with Crippen molar-refractivity contribution in [3.8, 4) is 0 Å². The molecule has 0 saturated carbocycles. The van der Waals surface area contributed by atoms with E-state index >= 15 is 0 Å². The Morgan fingerprint density at radius 3 is 2.49 bits per heavy atom. The highest BCUT2D eigenvalue weighted by atomic mass is 19.2. The molecule has 2 N–H and O–H groups in total. The van der Waals surface area contributed by atoms with Crippen molar-refractivity contribution in [1.82, 2.24) is 29.7 Å². The summed E-state index contributed by atoms with van der Waals surface area (Å²) >= 11 is 0. The molecule has 2 aromatic heterocycles. The summed E-state index contributed by atoms with van der Waals surface area (Å²) in [5.74, 6) is -2.12. The van der Waals surface area contributed by atoms with Crippen LogP contribution < -0.4 is 10.9 Å². The van der Waals surface area contributed by atoms with E-state index in [2.05, 4.69) is 42.3 Å². The van der Waals surface area contributed by atoms with E-state index in [0.717, 1.165) is 40.8 Å². The molecule has 43 heavy (non-hydrogen) atoms. The molecule has 218 valence electrons. The monoisotopic (exact) mass is 581 g/mol. The third-order valence-corrected chi connectivity index (χ3v) is 6.54. The predicted octanol–water partition coefficient (Wildman–Crippen LogP) is 5.15. The van der Waals surface area contributed by atoms with E-state index in [9.17, 15) is 18.4 Å². The van der Waals surface area contributed by atoms with Crippen LogP contribution in [0, 0.1) is 11.6 Å². The smallest absolute Gasteiger partial charge is 0.263 e. The van der Waals surface area contributed by atoms with Crippen LogP contribution in [0.2, 0.25) is 0 Å². The van der Waals surface area contributed by atoms with Crippen molar-refractivity contribution in [1.29, 1.82) is 0 Å². The van der Waals surface area contributed by atoms with Crippen LogP contribution in [0.25, 0.3) is 17.0 Å². The maximum Gasteiger partial charge on any atom is 0.263 e. The van der Waals surface area contributed by atoms with Crippen LogP contribution in [0.1, 0.15) is 27.0 Å². The molecule has 2 heterocycles. The van der Waals surface area contributed by atoms with Crippen LogP contribution in [0.5, 0.6) is 0 Å². The Hall–Kier alpha value is -5.29. The van der Waals surface area contributed by atoms with E-state index in [1.165, 1.54) is 29.1 Å². The second kappa shape index (κ2) is 13.1. The molecule has 0 spiro atoms. The van der Waals surface area contributed by atoms with Gasteiger partial charge in [-0.3, -0.25) is 9.59 Å². The van der Waals surface area contributed by atoms with Crippen LogP contribution in [-0.2, 0) is 13.1 Å². The number of hydrogen-bond acceptors (Lipinski definition) is 7. The highest BCUT2D eigenvalue weighted by molar-refractivity contribution is 5.93. The molecular formula is C32H29F2N7O2. The molecule has 0 aliphatic heterocycles. The lowest BCUT2D eigenvalue weighted by atomic mass is 10.1. The van der Waals surface area contributed by atoms with E-state index in [0.29, 0.717) is 11.5 Å². The number of fused-ring (bicyclic) bond motifs is 1. The first-order valence-electron chi connectivity index (χ1n) is 13.4. The standard InChI is InChI=1S/C32H29F2N7O2/c1-40(2)18-22-5-9-25(10-6-22)38-32-36-16-24-14-21(8-12-29(24)39-32)4-3-13-41(19-23-7-11-27(33)28(34)15-23)31(43)26-17-35-20-37-30(26)42/h3-12,14-17,20H,13,18-19H2,1-2H3,(H,35,37,42)(H,36,38,39)/b4-3+. The lowest BCUT2D eigenvalue weighted by Crippen LogP contribution is -2.34. The fourth-order valence-electron chi connectivity index (χ4n) is 4.46. The Balaban J connectivity index is 1.30. The van der Waals surface area contributed by atoms with Crippen LogP contribution in [0.3, 0.4) is 0 Å². The Bertz CT molecular complexity index is 1840. The van der Waals surface area contributed by atoms with Gasteiger partial charge in [0.05, 0.1) is 11.8 Å². The van der Waals surface area contributed by atoms with Gasteiger partial charge in [-0.25, -0.2) is 23.7 Å². The van der Waals surface area contributed by atoms with E-state index in [4.69, 9.17) is 0 Å². The van der Waals surface area contributed by atoms with Gasteiger partial charge >= 0.3 is 0 Å². The number of amides is 1. The number of carbonyl (C=O) groups excluding carboxylic acids is 1. The van der Waals surface area contributed by atoms with Gasteiger partial charge in [0.1, 0.15) is 5.56 Å². The summed E-state index contributed by atoms with van der Waals surface area (Å²) < 4.78 is 27.3. The largest absolute Gasteiger partial charge is 0.330 e. The van der Waals surface area contributed by atoms with Crippen LogP contribution in [0.15, 0.2) is 90.3 Å². The van der Waals surface area contributed by atoms with Gasteiger partial charge in [0, 0.05) is 43.1 Å². The van der Waals surface area contributed by atoms with Gasteiger partial charge in [0.15, 0.2) is 11.6 Å². The molecule has 0 atom stereocenters. The number of aromatic nitrogens is 4. The molecule has 5 aromatic rings. The Kier molecular flexibility index (Phi) is 8.92. The van der Waals surface area contributed by atoms with Crippen molar-refractivity contribution < 1.29 is 13.6 Å². The number of benzene rings is 3. The SMILES string of the molecule is CN(C)Cc1ccc(Nc2ncc3cc(/C=C/CN(Cc4ccc(F)c(F)c4)C(=O)c4cnc[nH]c4=O)ccc3n2)cc1. The Labute approximate surface area is 246 Å². The van der Waals surface area contributed by atoms with Gasteiger partial charge in [-0.1, -0.05) is 36.4 Å². The number of anilines is 2. The summed E-state index contributed by atoms with van der Waals surface area (Å²) in [7, 11) is 4.05. The van der Waals surface area contributed by atoms with Gasteiger partial charge in [-0.15, -0.1) is 0 Å². The molecule has 9 nitrogen and oxygen atoms in total. The van der Waals surface area contributed by atoms with Crippen LogP contribution in [0.4, 0.5) is 20.4 Å². The van der Waals surface area contributed by atoms with Crippen molar-refractivity contribution in [3.05, 3.63) is 130 Å². The quantitative estimate of drug-likeness (QED) is 0.235. The number of aromatic amines is 1. The zero-order chi connectivity index (χ0) is 30.3. The highest BCUT2D eigenvalue weighted by Crippen LogP contribution is 2.20. The average molecular weight is 582 g/mol. The van der Waals surface area contributed by atoms with Crippen molar-refractivity contribution in [2.45, 2.75) is 13.1 Å². The van der Waals surface area contributed by atoms with Crippen molar-refractivity contribution in [2.24, 2.45) is 0 Å². The van der Waals surface area contributed by atoms with Crippen molar-refractivity contribution >= 4 is 34.5 Å². The normalized spacial score (nSPS) is 11.4. The molecule has 0 bridgehead atoms. The summed E-state index contributed by atoms with van der Waals surface area (Å²) in [4.78, 5) is 44.2. The van der Waals surface area contributed by atoms with Gasteiger partial charge in [-0.2, -0.15) is 0 Å². The fourth-order valence-corrected chi connectivity index (χ4v) is 4.46. The maximum absolute atomic E-state index is 13.8. The summed E-state index contributed by atoms with van der Waals surface area (Å²) in [5.41, 5.74) is 3.31. The molecule has 0 saturated heterocycles. The first-order valence-corrected chi connectivity index (χ1v) is 13.4. The molecule has 0 radical (unpaired) electrons. The third kappa shape index (κ3) is 7.52. The minimum atomic E-state index is -1.02. The first kappa shape index (κ1) is 29.2. The molecule has 3 aromatic carbocycles. The molecular weight excluding hydrogens is 552 g/mol. The van der Waals surface area contributed by atoms with Crippen LogP contribution in [-0.4, -0.2) is 56.3 Å². The number of rotatable bonds is 10. The number of nitrogens with zero attached hydrogens (tertiary/aromatic N) is 5. The Morgan fingerprint density at radius 1 is 0.953 bits per heavy atom. The van der Waals surface area contributed by atoms with Crippen molar-refractivity contribution in [3.63, 3.8) is 0 Å². The number of hydrogen-bond donors (Lipinski definition) is 2. The number of H-pyrrole nitrogens is 1. The highest BCUT2D eigenvalue weighted by Gasteiger charge is 2.19. The topological polar surface area (TPSA) is 107 Å². The minimum Gasteiger partial charge on any atom is -0.330 e. The van der Waals surface area contributed by atoms with E-state index < -0.39 is 23.1 Å². The second-order valence-corrected chi connectivity index (χ2v) is 10.2. The molecule has 5 rings (SSSR count). The van der Waals surface area contributed by atoms with Crippen LogP contribution >= 0.6 is 0 Å². The summed E-state index contributed by atoms with van der Waals surface area (Å²) in [6.07, 6.45) is 7.66. The van der Waals surface area contributed by atoms with E-state index in [1.807, 2.05) is 50.5 Å². The summed E-state index contributed by atoms with van der Waals surface area (Å²) in [5, 5.41) is 4.06. The summed E-state index contributed by atoms with van der Waals surface area (Å²) in [6, 6.07) is 17.2. The molecule has 1 amide bonds. The zero-order valence-electron chi connectivity index (χ0n) is 23.6. The summed E-state index contributed by atoms with van der Waals surface area (Å²) in [6.45, 7) is 0.905. The Morgan fingerprint density at radius 2 is 1.74 bits per heavy atom. The molecule has 0 fully saturated rings. The lowest BCUT2D eigenvalue weighted by molar-refractivity contribution is 0.0760. The van der Waals surface area contributed by atoms with Gasteiger partial charge in [-0.05, 0) is 67.2 Å². The molecule has 11 heteroatoms. The fraction of sp³-hybridized carbons (Fsp3) is 0.156. The predicted molar refractivity (Wildman–Crippen MR) is 162 cm³/mol. The van der Waals surface area contributed by atoms with E-state index in [1.54, 1.807) is 12.3 Å². The molecule has 0 aliphatic rings. The lowest BCUT2D eigenvalue weighted by Gasteiger charge is -2.21. The minimum absolute atomic E-state index is 0.0472. The molecule has 0 unspecified atom stereocenters. The van der Waals surface area contributed by atoms with E-state index in [-0.39, 0.29) is 18.7 Å². The van der Waals surface area contributed by atoms with Gasteiger partial charge in [0.2, 0.25) is 5.95 Å². The first-order chi connectivity index (χ1) is 20.7. The molecule has 0 aliphatic carbocycles. The second-order valence-electron chi connectivity index (χ2n) is 10.2. The number of carbonyl (C=O) groups is 1. The average Bonchev–Trinajstić information content (AvgIpc) is 2.99. The van der Waals surface area contributed by atoms with Gasteiger partial charge < -0.3 is 20.1 Å². The number of nitrogens with one attached hydrogen (secondary N) is 2. The number of halogens is 2. The van der Waals surface area contributed by atoms with Gasteiger partial charge in [0.25, 0.3) is 11.5 Å². The zero-order valence-corrected chi connectivity index (χ0v) is 23.6. The maximum atomic E-state index is 13.8.